The molecule has 2 heteroatoms. The van der Waals surface area contributed by atoms with Crippen molar-refractivity contribution in [1.29, 1.82) is 0 Å². The van der Waals surface area contributed by atoms with Crippen molar-refractivity contribution in [1.82, 2.24) is 0 Å². The summed E-state index contributed by atoms with van der Waals surface area (Å²) in [5.74, 6) is 0.212. The molecule has 0 spiro atoms. The van der Waals surface area contributed by atoms with E-state index >= 15 is 0 Å². The van der Waals surface area contributed by atoms with Gasteiger partial charge in [0.25, 0.3) is 0 Å². The van der Waals surface area contributed by atoms with Gasteiger partial charge in [-0.15, -0.1) is 0 Å². The Labute approximate surface area is 135 Å². The van der Waals surface area contributed by atoms with Gasteiger partial charge < -0.3 is 9.47 Å². The first-order chi connectivity index (χ1) is 10.3. The maximum Gasteiger partial charge on any atom is 0.212 e. The second-order valence-corrected chi connectivity index (χ2v) is 7.45. The highest BCUT2D eigenvalue weighted by atomic mass is 16.7. The minimum Gasteiger partial charge on any atom is -0.462 e. The van der Waals surface area contributed by atoms with Gasteiger partial charge >= 0.3 is 0 Å². The molecular weight excluding hydrogens is 272 g/mol. The molecule has 0 heterocycles. The fraction of sp³-hybridized carbons (Fsp3) is 0.600. The summed E-state index contributed by atoms with van der Waals surface area (Å²) in [4.78, 5) is 0. The van der Waals surface area contributed by atoms with Gasteiger partial charge in [-0.05, 0) is 30.5 Å². The third-order valence-corrected chi connectivity index (χ3v) is 4.73. The Balaban J connectivity index is 2.14. The maximum atomic E-state index is 6.46. The lowest BCUT2D eigenvalue weighted by Gasteiger charge is -2.44. The second kappa shape index (κ2) is 6.87. The largest absolute Gasteiger partial charge is 0.462 e. The van der Waals surface area contributed by atoms with Crippen LogP contribution in [0.3, 0.4) is 0 Å². The van der Waals surface area contributed by atoms with Gasteiger partial charge in [0.1, 0.15) is 5.75 Å². The smallest absolute Gasteiger partial charge is 0.212 e. The first-order valence-electron chi connectivity index (χ1n) is 8.43. The summed E-state index contributed by atoms with van der Waals surface area (Å²) >= 11 is 0. The Kier molecular flexibility index (Phi) is 5.33. The third kappa shape index (κ3) is 4.13. The molecule has 0 bridgehead atoms. The Hall–Kier alpha value is -1.28. The van der Waals surface area contributed by atoms with Crippen LogP contribution in [-0.2, 0) is 4.74 Å². The lowest BCUT2D eigenvalue weighted by molar-refractivity contribution is -0.257. The lowest BCUT2D eigenvalue weighted by atomic mass is 9.85. The van der Waals surface area contributed by atoms with Crippen LogP contribution in [0.2, 0.25) is 0 Å². The quantitative estimate of drug-likeness (QED) is 0.638. The van der Waals surface area contributed by atoms with Gasteiger partial charge in [-0.1, -0.05) is 64.8 Å². The molecule has 0 aromatic heterocycles. The minimum atomic E-state index is -0.634. The molecule has 0 radical (unpaired) electrons. The zero-order valence-electron chi connectivity index (χ0n) is 14.5. The highest BCUT2D eigenvalue weighted by molar-refractivity contribution is 5.48. The van der Waals surface area contributed by atoms with Crippen molar-refractivity contribution in [3.8, 4) is 5.75 Å². The molecule has 1 aliphatic carbocycles. The van der Waals surface area contributed by atoms with E-state index in [0.29, 0.717) is 6.10 Å². The van der Waals surface area contributed by atoms with Crippen LogP contribution in [-0.4, -0.2) is 11.9 Å². The molecule has 2 nitrogen and oxygen atoms in total. The second-order valence-electron chi connectivity index (χ2n) is 7.45. The summed E-state index contributed by atoms with van der Waals surface area (Å²) in [6.07, 6.45) is 8.29. The van der Waals surface area contributed by atoms with Crippen molar-refractivity contribution in [2.45, 2.75) is 71.7 Å². The summed E-state index contributed by atoms with van der Waals surface area (Å²) in [7, 11) is 0. The van der Waals surface area contributed by atoms with Crippen LogP contribution in [0, 0.1) is 5.41 Å². The van der Waals surface area contributed by atoms with Gasteiger partial charge in [-0.2, -0.15) is 0 Å². The first kappa shape index (κ1) is 17.1. The lowest BCUT2D eigenvalue weighted by Crippen LogP contribution is -2.50. The summed E-state index contributed by atoms with van der Waals surface area (Å²) < 4.78 is 12.8. The third-order valence-electron chi connectivity index (χ3n) is 4.73. The maximum absolute atomic E-state index is 6.46. The van der Waals surface area contributed by atoms with Crippen molar-refractivity contribution < 1.29 is 9.47 Å². The molecule has 1 saturated carbocycles. The molecule has 1 aromatic carbocycles. The van der Waals surface area contributed by atoms with Crippen molar-refractivity contribution in [2.24, 2.45) is 5.41 Å². The molecular formula is C20H30O2. The molecule has 2 rings (SSSR count). The fourth-order valence-electron chi connectivity index (χ4n) is 2.75. The fourth-order valence-corrected chi connectivity index (χ4v) is 2.75. The van der Waals surface area contributed by atoms with Crippen LogP contribution in [0.25, 0.3) is 6.08 Å². The van der Waals surface area contributed by atoms with E-state index in [1.807, 2.05) is 30.3 Å². The van der Waals surface area contributed by atoms with E-state index in [4.69, 9.17) is 9.47 Å². The normalized spacial score (nSPS) is 19.5. The van der Waals surface area contributed by atoms with Crippen molar-refractivity contribution in [3.63, 3.8) is 0 Å². The van der Waals surface area contributed by atoms with E-state index in [-0.39, 0.29) is 5.41 Å². The number of rotatable bonds is 5. The summed E-state index contributed by atoms with van der Waals surface area (Å²) in [6.45, 7) is 12.4. The standard InChI is InChI=1S/C20H30O2/c1-6-16-12-14-18(15-13-16)22-20(5,19(2,3)4)21-17-10-8-7-9-11-17/h6,12-15,17H,1,7-11H2,2-5H3. The van der Waals surface area contributed by atoms with Crippen molar-refractivity contribution in [3.05, 3.63) is 36.4 Å². The van der Waals surface area contributed by atoms with Gasteiger partial charge in [0.2, 0.25) is 5.79 Å². The molecule has 22 heavy (non-hydrogen) atoms. The predicted octanol–water partition coefficient (Wildman–Crippen LogP) is 5.82. The summed E-state index contributed by atoms with van der Waals surface area (Å²) in [5.41, 5.74) is 0.986. The zero-order chi connectivity index (χ0) is 16.2. The van der Waals surface area contributed by atoms with Crippen molar-refractivity contribution >= 4 is 6.08 Å². The van der Waals surface area contributed by atoms with Gasteiger partial charge in [0, 0.05) is 12.3 Å². The first-order valence-corrected chi connectivity index (χ1v) is 8.43. The Bertz CT molecular complexity index is 477. The Morgan fingerprint density at radius 2 is 1.59 bits per heavy atom. The van der Waals surface area contributed by atoms with E-state index in [2.05, 4.69) is 34.3 Å². The van der Waals surface area contributed by atoms with Crippen LogP contribution >= 0.6 is 0 Å². The molecule has 1 unspecified atom stereocenters. The molecule has 1 aromatic rings. The molecule has 0 aliphatic heterocycles. The van der Waals surface area contributed by atoms with E-state index in [9.17, 15) is 0 Å². The van der Waals surface area contributed by atoms with Crippen LogP contribution < -0.4 is 4.74 Å². The monoisotopic (exact) mass is 302 g/mol. The Morgan fingerprint density at radius 1 is 1.00 bits per heavy atom. The van der Waals surface area contributed by atoms with Gasteiger partial charge in [-0.3, -0.25) is 0 Å². The molecule has 0 saturated heterocycles. The SMILES string of the molecule is C=Cc1ccc(OC(C)(OC2CCCCC2)C(C)(C)C)cc1. The molecule has 0 amide bonds. The van der Waals surface area contributed by atoms with Crippen LogP contribution in [0.1, 0.15) is 65.4 Å². The van der Waals surface area contributed by atoms with E-state index in [0.717, 1.165) is 24.2 Å². The van der Waals surface area contributed by atoms with Crippen LogP contribution in [0.15, 0.2) is 30.8 Å². The highest BCUT2D eigenvalue weighted by Crippen LogP contribution is 2.38. The molecule has 1 atom stereocenters. The van der Waals surface area contributed by atoms with E-state index < -0.39 is 5.79 Å². The average molecular weight is 302 g/mol. The van der Waals surface area contributed by atoms with E-state index in [1.54, 1.807) is 0 Å². The summed E-state index contributed by atoms with van der Waals surface area (Å²) in [6, 6.07) is 8.02. The highest BCUT2D eigenvalue weighted by Gasteiger charge is 2.43. The zero-order valence-corrected chi connectivity index (χ0v) is 14.5. The molecule has 122 valence electrons. The molecule has 0 N–H and O–H groups in total. The van der Waals surface area contributed by atoms with Crippen LogP contribution in [0.5, 0.6) is 5.75 Å². The topological polar surface area (TPSA) is 18.5 Å². The van der Waals surface area contributed by atoms with Gasteiger partial charge in [-0.25, -0.2) is 0 Å². The van der Waals surface area contributed by atoms with Gasteiger partial charge in [0.05, 0.1) is 6.10 Å². The summed E-state index contributed by atoms with van der Waals surface area (Å²) in [5, 5.41) is 0. The number of hydrogen-bond acceptors (Lipinski definition) is 2. The molecule has 1 fully saturated rings. The number of hydrogen-bond donors (Lipinski definition) is 0. The van der Waals surface area contributed by atoms with Crippen LogP contribution in [0.4, 0.5) is 0 Å². The van der Waals surface area contributed by atoms with Crippen molar-refractivity contribution in [2.75, 3.05) is 0 Å². The minimum absolute atomic E-state index is 0.110. The predicted molar refractivity (Wildman–Crippen MR) is 93.0 cm³/mol. The number of ether oxygens (including phenoxy) is 2. The molecule has 1 aliphatic rings. The number of benzene rings is 1. The Morgan fingerprint density at radius 3 is 2.09 bits per heavy atom. The average Bonchev–Trinajstić information content (AvgIpc) is 2.48. The van der Waals surface area contributed by atoms with Gasteiger partial charge in [0.15, 0.2) is 0 Å². The van der Waals surface area contributed by atoms with E-state index in [1.165, 1.54) is 19.3 Å².